The van der Waals surface area contributed by atoms with Crippen molar-refractivity contribution in [1.29, 1.82) is 0 Å². The number of nitrogens with one attached hydrogen (secondary N) is 1. The molecule has 2 aliphatic rings. The number of carbonyl (C=O) groups is 1. The Kier molecular flexibility index (Phi) is 6.22. The molecule has 8 heteroatoms. The van der Waals surface area contributed by atoms with Crippen LogP contribution in [0.2, 0.25) is 0 Å². The molecule has 0 spiro atoms. The van der Waals surface area contributed by atoms with Crippen molar-refractivity contribution in [2.75, 3.05) is 19.6 Å². The van der Waals surface area contributed by atoms with Crippen LogP contribution in [0.4, 0.5) is 4.39 Å². The first-order valence-corrected chi connectivity index (χ1v) is 10.8. The highest BCUT2D eigenvalue weighted by Gasteiger charge is 2.39. The van der Waals surface area contributed by atoms with Gasteiger partial charge in [-0.2, -0.15) is 4.68 Å². The number of aromatic nitrogens is 4. The van der Waals surface area contributed by atoms with Crippen molar-refractivity contribution in [2.24, 2.45) is 5.92 Å². The standard InChI is InChI=1S/C22H29FN6O/c1-2-20(30)28-14-10-17(11-15-28)16-24-22(12-4-3-5-13-22)21-25-26-27-29(21)19-8-6-18(23)7-9-19/h2,6-9,17,24H,1,3-5,10-16H2. The SMILES string of the molecule is C=CC(=O)N1CCC(CNC2(c3nnnn3-c3ccc(F)cc3)CCCCC2)CC1. The molecular weight excluding hydrogens is 383 g/mol. The van der Waals surface area contributed by atoms with Gasteiger partial charge >= 0.3 is 0 Å². The number of likely N-dealkylation sites (tertiary alicyclic amines) is 1. The van der Waals surface area contributed by atoms with Crippen LogP contribution in [0.1, 0.15) is 50.8 Å². The van der Waals surface area contributed by atoms with Crippen molar-refractivity contribution in [3.63, 3.8) is 0 Å². The van der Waals surface area contributed by atoms with Crippen LogP contribution in [0.5, 0.6) is 0 Å². The highest BCUT2D eigenvalue weighted by Crippen LogP contribution is 2.37. The molecule has 160 valence electrons. The Balaban J connectivity index is 1.50. The molecule has 1 aliphatic carbocycles. The third-order valence-electron chi connectivity index (χ3n) is 6.51. The van der Waals surface area contributed by atoms with Gasteiger partial charge in [-0.25, -0.2) is 4.39 Å². The maximum atomic E-state index is 13.4. The Morgan fingerprint density at radius 2 is 1.90 bits per heavy atom. The van der Waals surface area contributed by atoms with E-state index in [1.165, 1.54) is 24.6 Å². The van der Waals surface area contributed by atoms with Gasteiger partial charge < -0.3 is 10.2 Å². The molecule has 1 saturated carbocycles. The van der Waals surface area contributed by atoms with Crippen LogP contribution >= 0.6 is 0 Å². The summed E-state index contributed by atoms with van der Waals surface area (Å²) in [5, 5.41) is 16.4. The van der Waals surface area contributed by atoms with E-state index in [4.69, 9.17) is 0 Å². The van der Waals surface area contributed by atoms with E-state index in [2.05, 4.69) is 27.4 Å². The molecule has 4 rings (SSSR count). The van der Waals surface area contributed by atoms with E-state index in [0.29, 0.717) is 5.92 Å². The number of tetrazole rings is 1. The molecule has 0 radical (unpaired) electrons. The molecule has 0 bridgehead atoms. The van der Waals surface area contributed by atoms with E-state index in [-0.39, 0.29) is 17.3 Å². The quantitative estimate of drug-likeness (QED) is 0.739. The minimum atomic E-state index is -0.287. The van der Waals surface area contributed by atoms with Crippen molar-refractivity contribution in [3.05, 3.63) is 48.6 Å². The monoisotopic (exact) mass is 412 g/mol. The zero-order chi connectivity index (χ0) is 21.0. The van der Waals surface area contributed by atoms with Crippen LogP contribution in [0, 0.1) is 11.7 Å². The van der Waals surface area contributed by atoms with Crippen molar-refractivity contribution >= 4 is 5.91 Å². The smallest absolute Gasteiger partial charge is 0.245 e. The molecule has 2 fully saturated rings. The molecule has 1 saturated heterocycles. The molecule has 1 amide bonds. The second-order valence-electron chi connectivity index (χ2n) is 8.39. The zero-order valence-electron chi connectivity index (χ0n) is 17.3. The molecule has 7 nitrogen and oxygen atoms in total. The largest absolute Gasteiger partial charge is 0.339 e. The maximum absolute atomic E-state index is 13.4. The molecule has 0 atom stereocenters. The summed E-state index contributed by atoms with van der Waals surface area (Å²) in [5.74, 6) is 1.05. The number of benzene rings is 1. The molecule has 2 heterocycles. The van der Waals surface area contributed by atoms with Crippen LogP contribution in [0.3, 0.4) is 0 Å². The van der Waals surface area contributed by atoms with E-state index < -0.39 is 0 Å². The number of piperidine rings is 1. The van der Waals surface area contributed by atoms with Gasteiger partial charge in [-0.1, -0.05) is 25.8 Å². The lowest BCUT2D eigenvalue weighted by Crippen LogP contribution is -2.49. The van der Waals surface area contributed by atoms with E-state index in [0.717, 1.165) is 69.7 Å². The van der Waals surface area contributed by atoms with Gasteiger partial charge in [0.05, 0.1) is 11.2 Å². The van der Waals surface area contributed by atoms with E-state index in [9.17, 15) is 9.18 Å². The second kappa shape index (κ2) is 9.04. The Labute approximate surface area is 176 Å². The first-order chi connectivity index (χ1) is 14.6. The van der Waals surface area contributed by atoms with E-state index in [1.807, 2.05) is 4.90 Å². The molecule has 1 N–H and O–H groups in total. The van der Waals surface area contributed by atoms with Crippen LogP contribution < -0.4 is 5.32 Å². The summed E-state index contributed by atoms with van der Waals surface area (Å²) < 4.78 is 15.1. The highest BCUT2D eigenvalue weighted by molar-refractivity contribution is 5.87. The van der Waals surface area contributed by atoms with Crippen molar-refractivity contribution in [1.82, 2.24) is 30.4 Å². The normalized spacial score (nSPS) is 19.6. The summed E-state index contributed by atoms with van der Waals surface area (Å²) >= 11 is 0. The predicted octanol–water partition coefficient (Wildman–Crippen LogP) is 2.98. The summed E-state index contributed by atoms with van der Waals surface area (Å²) in [4.78, 5) is 13.7. The number of hydrogen-bond donors (Lipinski definition) is 1. The summed E-state index contributed by atoms with van der Waals surface area (Å²) in [5.41, 5.74) is 0.476. The summed E-state index contributed by atoms with van der Waals surface area (Å²) in [7, 11) is 0. The van der Waals surface area contributed by atoms with Gasteiger partial charge in [-0.05, 0) is 78.9 Å². The van der Waals surface area contributed by atoms with Crippen LogP contribution in [0.25, 0.3) is 5.69 Å². The lowest BCUT2D eigenvalue weighted by molar-refractivity contribution is -0.127. The number of amides is 1. The number of halogens is 1. The number of hydrogen-bond acceptors (Lipinski definition) is 5. The summed E-state index contributed by atoms with van der Waals surface area (Å²) in [6, 6.07) is 6.27. The van der Waals surface area contributed by atoms with Crippen LogP contribution in [0.15, 0.2) is 36.9 Å². The zero-order valence-corrected chi connectivity index (χ0v) is 17.3. The first-order valence-electron chi connectivity index (χ1n) is 10.8. The van der Waals surface area contributed by atoms with E-state index in [1.54, 1.807) is 16.8 Å². The number of carbonyl (C=O) groups excluding carboxylic acids is 1. The average Bonchev–Trinajstić information content (AvgIpc) is 3.29. The highest BCUT2D eigenvalue weighted by atomic mass is 19.1. The third kappa shape index (κ3) is 4.28. The lowest BCUT2D eigenvalue weighted by atomic mass is 9.80. The lowest BCUT2D eigenvalue weighted by Gasteiger charge is -2.39. The molecule has 30 heavy (non-hydrogen) atoms. The fourth-order valence-electron chi connectivity index (χ4n) is 4.70. The Morgan fingerprint density at radius 3 is 2.57 bits per heavy atom. The minimum absolute atomic E-state index is 0.0173. The number of nitrogens with zero attached hydrogens (tertiary/aromatic N) is 5. The minimum Gasteiger partial charge on any atom is -0.339 e. The van der Waals surface area contributed by atoms with Gasteiger partial charge in [0.15, 0.2) is 5.82 Å². The Morgan fingerprint density at radius 1 is 1.20 bits per heavy atom. The van der Waals surface area contributed by atoms with Gasteiger partial charge in [0.25, 0.3) is 0 Å². The van der Waals surface area contributed by atoms with Gasteiger partial charge in [0.1, 0.15) is 5.82 Å². The first kappa shape index (κ1) is 20.7. The van der Waals surface area contributed by atoms with Crippen molar-refractivity contribution < 1.29 is 9.18 Å². The fourth-order valence-corrected chi connectivity index (χ4v) is 4.70. The van der Waals surface area contributed by atoms with Crippen LogP contribution in [-0.4, -0.2) is 50.6 Å². The molecule has 0 unspecified atom stereocenters. The summed E-state index contributed by atoms with van der Waals surface area (Å²) in [6.07, 6.45) is 8.75. The van der Waals surface area contributed by atoms with Gasteiger partial charge in [0, 0.05) is 13.1 Å². The average molecular weight is 413 g/mol. The Hall–Kier alpha value is -2.61. The molecule has 2 aromatic rings. The molecule has 1 aliphatic heterocycles. The maximum Gasteiger partial charge on any atom is 0.245 e. The summed E-state index contributed by atoms with van der Waals surface area (Å²) in [6.45, 7) is 6.00. The van der Waals surface area contributed by atoms with Gasteiger partial charge in [-0.3, -0.25) is 4.79 Å². The predicted molar refractivity (Wildman–Crippen MR) is 111 cm³/mol. The van der Waals surface area contributed by atoms with Crippen molar-refractivity contribution in [3.8, 4) is 5.69 Å². The Bertz CT molecular complexity index is 866. The van der Waals surface area contributed by atoms with Crippen molar-refractivity contribution in [2.45, 2.75) is 50.5 Å². The molecule has 1 aromatic heterocycles. The number of rotatable bonds is 6. The van der Waals surface area contributed by atoms with Gasteiger partial charge in [0.2, 0.25) is 5.91 Å². The van der Waals surface area contributed by atoms with Crippen LogP contribution in [-0.2, 0) is 10.3 Å². The fraction of sp³-hybridized carbons (Fsp3) is 0.545. The second-order valence-corrected chi connectivity index (χ2v) is 8.39. The topological polar surface area (TPSA) is 75.9 Å². The molecular formula is C22H29FN6O. The van der Waals surface area contributed by atoms with Gasteiger partial charge in [-0.15, -0.1) is 5.10 Å². The van der Waals surface area contributed by atoms with E-state index >= 15 is 0 Å². The third-order valence-corrected chi connectivity index (χ3v) is 6.51. The molecule has 1 aromatic carbocycles.